The number of nitrogens with zero attached hydrogens (tertiary/aromatic N) is 5. The van der Waals surface area contributed by atoms with E-state index in [1.165, 1.54) is 71.3 Å². The summed E-state index contributed by atoms with van der Waals surface area (Å²) >= 11 is 0. The third-order valence-electron chi connectivity index (χ3n) is 11.8. The summed E-state index contributed by atoms with van der Waals surface area (Å²) in [7, 11) is 0. The highest BCUT2D eigenvalue weighted by Crippen LogP contribution is 2.51. The van der Waals surface area contributed by atoms with Crippen molar-refractivity contribution in [3.8, 4) is 39.7 Å². The van der Waals surface area contributed by atoms with Gasteiger partial charge < -0.3 is 4.57 Å². The molecule has 5 heterocycles. The van der Waals surface area contributed by atoms with Crippen LogP contribution in [0.4, 0.5) is 0 Å². The zero-order valence-electron chi connectivity index (χ0n) is 29.5. The molecule has 5 heteroatoms. The second-order valence-electron chi connectivity index (χ2n) is 14.5. The van der Waals surface area contributed by atoms with Gasteiger partial charge in [-0.2, -0.15) is 4.98 Å². The third kappa shape index (κ3) is 3.71. The van der Waals surface area contributed by atoms with Gasteiger partial charge in [0.2, 0.25) is 5.95 Å². The van der Waals surface area contributed by atoms with E-state index in [2.05, 4.69) is 190 Å². The molecule has 0 saturated heterocycles. The lowest BCUT2D eigenvalue weighted by atomic mass is 9.91. The molecule has 0 N–H and O–H groups in total. The van der Waals surface area contributed by atoms with Gasteiger partial charge in [0.1, 0.15) is 0 Å². The van der Waals surface area contributed by atoms with E-state index in [0.717, 1.165) is 38.8 Å². The smallest absolute Gasteiger partial charge is 0.237 e. The Balaban J connectivity index is 1.24. The highest BCUT2D eigenvalue weighted by molar-refractivity contribution is 6.28. The summed E-state index contributed by atoms with van der Waals surface area (Å²) in [5.74, 6) is 1.50. The van der Waals surface area contributed by atoms with Crippen LogP contribution in [0.25, 0.3) is 116 Å². The van der Waals surface area contributed by atoms with E-state index in [0.29, 0.717) is 5.95 Å². The predicted octanol–water partition coefficient (Wildman–Crippen LogP) is 12.6. The molecule has 254 valence electrons. The molecule has 0 spiro atoms. The third-order valence-corrected chi connectivity index (χ3v) is 11.8. The van der Waals surface area contributed by atoms with Gasteiger partial charge in [-0.05, 0) is 59.7 Å². The van der Waals surface area contributed by atoms with E-state index < -0.39 is 0 Å². The summed E-state index contributed by atoms with van der Waals surface area (Å²) in [5, 5.41) is 8.20. The topological polar surface area (TPSA) is 40.6 Å². The van der Waals surface area contributed by atoms with Gasteiger partial charge in [-0.3, -0.25) is 9.13 Å². The SMILES string of the molecule is c1ccc2c(c1)-c1ccccc1-n1c3ccccc3c3cc4c(c-2c31)c1ccccc1n4-c1nc(-n2c3ccccc3c3ccccc32)c2ccccc2n1. The van der Waals surface area contributed by atoms with Gasteiger partial charge in [-0.25, -0.2) is 4.98 Å². The van der Waals surface area contributed by atoms with Crippen molar-refractivity contribution in [1.29, 1.82) is 0 Å². The second-order valence-corrected chi connectivity index (χ2v) is 14.5. The molecule has 0 bridgehead atoms. The molecule has 0 radical (unpaired) electrons. The monoisotopic (exact) mass is 699 g/mol. The Labute approximate surface area is 314 Å². The summed E-state index contributed by atoms with van der Waals surface area (Å²) in [6, 6.07) is 63.4. The van der Waals surface area contributed by atoms with Crippen LogP contribution in [-0.4, -0.2) is 23.7 Å². The minimum absolute atomic E-state index is 0.641. The van der Waals surface area contributed by atoms with E-state index in [1.807, 2.05) is 0 Å². The van der Waals surface area contributed by atoms with E-state index in [1.54, 1.807) is 0 Å². The Morgan fingerprint density at radius 1 is 0.345 bits per heavy atom. The maximum atomic E-state index is 5.61. The van der Waals surface area contributed by atoms with Gasteiger partial charge in [-0.1, -0.05) is 127 Å². The summed E-state index contributed by atoms with van der Waals surface area (Å²) in [6.45, 7) is 0. The lowest BCUT2D eigenvalue weighted by molar-refractivity contribution is 0.973. The maximum absolute atomic E-state index is 5.61. The lowest BCUT2D eigenvalue weighted by Crippen LogP contribution is -2.07. The van der Waals surface area contributed by atoms with Crippen molar-refractivity contribution >= 4 is 76.3 Å². The van der Waals surface area contributed by atoms with Gasteiger partial charge in [0.25, 0.3) is 0 Å². The van der Waals surface area contributed by atoms with E-state index in [9.17, 15) is 0 Å². The second kappa shape index (κ2) is 10.6. The molecule has 0 saturated carbocycles. The first-order valence-electron chi connectivity index (χ1n) is 18.8. The van der Waals surface area contributed by atoms with Crippen LogP contribution in [0.2, 0.25) is 0 Å². The number of aromatic nitrogens is 5. The van der Waals surface area contributed by atoms with Crippen molar-refractivity contribution in [2.75, 3.05) is 0 Å². The van der Waals surface area contributed by atoms with Crippen molar-refractivity contribution in [2.45, 2.75) is 0 Å². The summed E-state index contributed by atoms with van der Waals surface area (Å²) in [5.41, 5.74) is 13.8. The number of rotatable bonds is 2. The van der Waals surface area contributed by atoms with Crippen molar-refractivity contribution in [2.24, 2.45) is 0 Å². The fourth-order valence-electron chi connectivity index (χ4n) is 9.60. The molecule has 12 aromatic rings. The predicted molar refractivity (Wildman–Crippen MR) is 227 cm³/mol. The standard InChI is InChI=1S/C50H29N5/c1-2-20-35-30(15-1)31-16-4-10-24-40(31)53-41-25-11-7-19-34(41)38-29-45-46(47(35)48(38)53)37-22-8-14-28-44(37)55(45)50-51-39-23-9-3-21-36(39)49(52-50)54-42-26-12-5-17-32(42)33-18-6-13-27-43(33)54/h1-29H. The number of fused-ring (bicyclic) bond motifs is 16. The molecule has 0 atom stereocenters. The van der Waals surface area contributed by atoms with Gasteiger partial charge in [-0.15, -0.1) is 0 Å². The van der Waals surface area contributed by atoms with Crippen LogP contribution in [-0.2, 0) is 0 Å². The van der Waals surface area contributed by atoms with Crippen molar-refractivity contribution in [3.05, 3.63) is 176 Å². The largest absolute Gasteiger partial charge is 0.308 e. The van der Waals surface area contributed by atoms with Gasteiger partial charge in [0.15, 0.2) is 5.82 Å². The first-order chi connectivity index (χ1) is 27.3. The maximum Gasteiger partial charge on any atom is 0.237 e. The molecule has 0 fully saturated rings. The molecule has 4 aromatic heterocycles. The molecule has 55 heavy (non-hydrogen) atoms. The van der Waals surface area contributed by atoms with Crippen LogP contribution in [0.3, 0.4) is 0 Å². The van der Waals surface area contributed by atoms with Crippen molar-refractivity contribution in [3.63, 3.8) is 0 Å². The molecule has 0 unspecified atom stereocenters. The van der Waals surface area contributed by atoms with Crippen LogP contribution < -0.4 is 0 Å². The summed E-state index contributed by atoms with van der Waals surface area (Å²) in [6.07, 6.45) is 0. The average Bonchev–Trinajstić information content (AvgIpc) is 3.85. The first kappa shape index (κ1) is 29.0. The molecule has 8 aromatic carbocycles. The Morgan fingerprint density at radius 2 is 0.855 bits per heavy atom. The number of para-hydroxylation sites is 6. The highest BCUT2D eigenvalue weighted by Gasteiger charge is 2.29. The fraction of sp³-hybridized carbons (Fsp3) is 0. The Hall–Kier alpha value is -7.50. The van der Waals surface area contributed by atoms with Crippen LogP contribution in [0, 0.1) is 0 Å². The summed E-state index contributed by atoms with van der Waals surface area (Å²) < 4.78 is 7.12. The average molecular weight is 700 g/mol. The Bertz CT molecular complexity index is 3560. The van der Waals surface area contributed by atoms with E-state index in [4.69, 9.17) is 9.97 Å². The zero-order valence-corrected chi connectivity index (χ0v) is 29.5. The van der Waals surface area contributed by atoms with Gasteiger partial charge in [0, 0.05) is 48.8 Å². The van der Waals surface area contributed by atoms with E-state index >= 15 is 0 Å². The molecular formula is C50H29N5. The van der Waals surface area contributed by atoms with Crippen LogP contribution in [0.1, 0.15) is 0 Å². The molecule has 0 amide bonds. The van der Waals surface area contributed by atoms with Crippen molar-refractivity contribution in [1.82, 2.24) is 23.7 Å². The normalized spacial score (nSPS) is 12.4. The minimum Gasteiger partial charge on any atom is -0.308 e. The fourth-order valence-corrected chi connectivity index (χ4v) is 9.60. The number of benzene rings is 8. The van der Waals surface area contributed by atoms with Gasteiger partial charge >= 0.3 is 0 Å². The van der Waals surface area contributed by atoms with E-state index in [-0.39, 0.29) is 0 Å². The van der Waals surface area contributed by atoms with Crippen LogP contribution in [0.5, 0.6) is 0 Å². The Morgan fingerprint density at radius 3 is 1.56 bits per heavy atom. The summed E-state index contributed by atoms with van der Waals surface area (Å²) in [4.78, 5) is 11.0. The zero-order chi connectivity index (χ0) is 35.8. The van der Waals surface area contributed by atoms with Gasteiger partial charge in [0.05, 0.1) is 44.3 Å². The van der Waals surface area contributed by atoms with Crippen molar-refractivity contribution < 1.29 is 0 Å². The number of hydrogen-bond donors (Lipinski definition) is 0. The first-order valence-corrected chi connectivity index (χ1v) is 18.8. The quantitative estimate of drug-likeness (QED) is 0.180. The molecule has 5 nitrogen and oxygen atoms in total. The highest BCUT2D eigenvalue weighted by atomic mass is 15.2. The Kier molecular flexibility index (Phi) is 5.57. The molecule has 1 aliphatic rings. The lowest BCUT2D eigenvalue weighted by Gasteiger charge is -2.14. The molecule has 13 rings (SSSR count). The molecular weight excluding hydrogens is 671 g/mol. The van der Waals surface area contributed by atoms with Crippen LogP contribution in [0.15, 0.2) is 176 Å². The molecule has 1 aliphatic heterocycles. The molecule has 0 aliphatic carbocycles. The number of hydrogen-bond acceptors (Lipinski definition) is 2. The van der Waals surface area contributed by atoms with Crippen LogP contribution >= 0.6 is 0 Å². The minimum atomic E-state index is 0.641.